The van der Waals surface area contributed by atoms with Gasteiger partial charge in [0.1, 0.15) is 0 Å². The van der Waals surface area contributed by atoms with E-state index >= 15 is 0 Å². The Morgan fingerprint density at radius 2 is 2.17 bits per heavy atom. The molecule has 0 saturated carbocycles. The predicted octanol–water partition coefficient (Wildman–Crippen LogP) is 1.93. The molecule has 1 aromatic rings. The van der Waals surface area contributed by atoms with Crippen LogP contribution in [-0.4, -0.2) is 35.6 Å². The Bertz CT molecular complexity index is 414. The molecule has 3 heteroatoms. The summed E-state index contributed by atoms with van der Waals surface area (Å²) in [6.07, 6.45) is 5.29. The van der Waals surface area contributed by atoms with Gasteiger partial charge in [-0.2, -0.15) is 0 Å². The highest BCUT2D eigenvalue weighted by molar-refractivity contribution is 5.91. The van der Waals surface area contributed by atoms with Gasteiger partial charge < -0.3 is 10.0 Å². The molecule has 1 saturated heterocycles. The molecule has 1 aliphatic rings. The SMILES string of the molecule is O=C(/C=C/c1ccccc1)N1CCC(CCO)C1. The van der Waals surface area contributed by atoms with E-state index in [2.05, 4.69) is 0 Å². The van der Waals surface area contributed by atoms with Gasteiger partial charge in [-0.25, -0.2) is 0 Å². The quantitative estimate of drug-likeness (QED) is 0.823. The van der Waals surface area contributed by atoms with Gasteiger partial charge in [-0.05, 0) is 30.4 Å². The van der Waals surface area contributed by atoms with Crippen LogP contribution >= 0.6 is 0 Å². The number of aliphatic hydroxyl groups is 1. The predicted molar refractivity (Wildman–Crippen MR) is 71.9 cm³/mol. The summed E-state index contributed by atoms with van der Waals surface area (Å²) in [5.74, 6) is 0.531. The van der Waals surface area contributed by atoms with E-state index in [-0.39, 0.29) is 12.5 Å². The third-order valence-corrected chi connectivity index (χ3v) is 3.35. The van der Waals surface area contributed by atoms with Crippen molar-refractivity contribution in [1.29, 1.82) is 0 Å². The highest BCUT2D eigenvalue weighted by Crippen LogP contribution is 2.19. The molecule has 2 rings (SSSR count). The van der Waals surface area contributed by atoms with E-state index in [0.29, 0.717) is 5.92 Å². The molecule has 96 valence electrons. The summed E-state index contributed by atoms with van der Waals surface area (Å²) in [5.41, 5.74) is 1.04. The van der Waals surface area contributed by atoms with Gasteiger partial charge in [-0.3, -0.25) is 4.79 Å². The number of hydrogen-bond donors (Lipinski definition) is 1. The largest absolute Gasteiger partial charge is 0.396 e. The van der Waals surface area contributed by atoms with Gasteiger partial charge in [0.05, 0.1) is 0 Å². The maximum absolute atomic E-state index is 11.9. The van der Waals surface area contributed by atoms with Crippen LogP contribution in [0.15, 0.2) is 36.4 Å². The lowest BCUT2D eigenvalue weighted by Crippen LogP contribution is -2.26. The van der Waals surface area contributed by atoms with Crippen molar-refractivity contribution in [2.45, 2.75) is 12.8 Å². The lowest BCUT2D eigenvalue weighted by molar-refractivity contribution is -0.125. The number of hydrogen-bond acceptors (Lipinski definition) is 2. The molecule has 1 N–H and O–H groups in total. The smallest absolute Gasteiger partial charge is 0.246 e. The maximum atomic E-state index is 11.9. The first-order valence-corrected chi connectivity index (χ1v) is 6.42. The Labute approximate surface area is 108 Å². The monoisotopic (exact) mass is 245 g/mol. The second-order valence-corrected chi connectivity index (χ2v) is 4.70. The zero-order chi connectivity index (χ0) is 12.8. The molecule has 0 bridgehead atoms. The zero-order valence-electron chi connectivity index (χ0n) is 10.5. The van der Waals surface area contributed by atoms with E-state index in [1.807, 2.05) is 41.3 Å². The van der Waals surface area contributed by atoms with Gasteiger partial charge in [0, 0.05) is 25.8 Å². The fourth-order valence-electron chi connectivity index (χ4n) is 2.29. The Morgan fingerprint density at radius 1 is 1.39 bits per heavy atom. The van der Waals surface area contributed by atoms with E-state index in [1.165, 1.54) is 0 Å². The van der Waals surface area contributed by atoms with Gasteiger partial charge in [0.2, 0.25) is 5.91 Å². The van der Waals surface area contributed by atoms with Gasteiger partial charge in [-0.1, -0.05) is 30.3 Å². The summed E-state index contributed by atoms with van der Waals surface area (Å²) in [5, 5.41) is 8.89. The molecule has 0 radical (unpaired) electrons. The van der Waals surface area contributed by atoms with Crippen LogP contribution in [0.4, 0.5) is 0 Å². The summed E-state index contributed by atoms with van der Waals surface area (Å²) < 4.78 is 0. The van der Waals surface area contributed by atoms with E-state index in [1.54, 1.807) is 6.08 Å². The van der Waals surface area contributed by atoms with Crippen molar-refractivity contribution in [3.8, 4) is 0 Å². The lowest BCUT2D eigenvalue weighted by Gasteiger charge is -2.13. The highest BCUT2D eigenvalue weighted by Gasteiger charge is 2.24. The highest BCUT2D eigenvalue weighted by atomic mass is 16.3. The van der Waals surface area contributed by atoms with E-state index in [4.69, 9.17) is 5.11 Å². The van der Waals surface area contributed by atoms with Crippen LogP contribution < -0.4 is 0 Å². The third-order valence-electron chi connectivity index (χ3n) is 3.35. The summed E-state index contributed by atoms with van der Waals surface area (Å²) in [7, 11) is 0. The van der Waals surface area contributed by atoms with E-state index < -0.39 is 0 Å². The van der Waals surface area contributed by atoms with Gasteiger partial charge in [0.15, 0.2) is 0 Å². The number of carbonyl (C=O) groups is 1. The zero-order valence-corrected chi connectivity index (χ0v) is 10.5. The molecule has 18 heavy (non-hydrogen) atoms. The maximum Gasteiger partial charge on any atom is 0.246 e. The number of nitrogens with zero attached hydrogens (tertiary/aromatic N) is 1. The van der Waals surface area contributed by atoms with Gasteiger partial charge >= 0.3 is 0 Å². The van der Waals surface area contributed by atoms with Crippen molar-refractivity contribution < 1.29 is 9.90 Å². The molecule has 1 amide bonds. The van der Waals surface area contributed by atoms with Crippen LogP contribution in [0.25, 0.3) is 6.08 Å². The number of likely N-dealkylation sites (tertiary alicyclic amines) is 1. The normalized spacial score (nSPS) is 19.6. The van der Waals surface area contributed by atoms with Crippen molar-refractivity contribution in [3.63, 3.8) is 0 Å². The average molecular weight is 245 g/mol. The molecule has 1 heterocycles. The molecule has 0 aromatic heterocycles. The number of aliphatic hydroxyl groups excluding tert-OH is 1. The Kier molecular flexibility index (Phi) is 4.53. The summed E-state index contributed by atoms with van der Waals surface area (Å²) in [6.45, 7) is 1.80. The minimum absolute atomic E-state index is 0.0688. The Balaban J connectivity index is 1.87. The Morgan fingerprint density at radius 3 is 2.89 bits per heavy atom. The van der Waals surface area contributed by atoms with Crippen molar-refractivity contribution in [2.24, 2.45) is 5.92 Å². The first-order chi connectivity index (χ1) is 8.79. The van der Waals surface area contributed by atoms with Crippen molar-refractivity contribution in [3.05, 3.63) is 42.0 Å². The van der Waals surface area contributed by atoms with Crippen LogP contribution in [0.3, 0.4) is 0 Å². The van der Waals surface area contributed by atoms with Crippen LogP contribution in [0.1, 0.15) is 18.4 Å². The minimum atomic E-state index is 0.0688. The van der Waals surface area contributed by atoms with Gasteiger partial charge in [-0.15, -0.1) is 0 Å². The first-order valence-electron chi connectivity index (χ1n) is 6.42. The molecule has 3 nitrogen and oxygen atoms in total. The molecule has 1 aromatic carbocycles. The molecule has 0 aliphatic carbocycles. The second-order valence-electron chi connectivity index (χ2n) is 4.70. The standard InChI is InChI=1S/C15H19NO2/c17-11-9-14-8-10-16(12-14)15(18)7-6-13-4-2-1-3-5-13/h1-7,14,17H,8-12H2/b7-6+. The number of amides is 1. The summed E-state index contributed by atoms with van der Waals surface area (Å²) in [6, 6.07) is 9.82. The molecular weight excluding hydrogens is 226 g/mol. The van der Waals surface area contributed by atoms with E-state index in [0.717, 1.165) is 31.5 Å². The molecule has 1 fully saturated rings. The molecule has 0 spiro atoms. The molecule has 1 aliphatic heterocycles. The fraction of sp³-hybridized carbons (Fsp3) is 0.400. The number of benzene rings is 1. The minimum Gasteiger partial charge on any atom is -0.396 e. The number of rotatable bonds is 4. The topological polar surface area (TPSA) is 40.5 Å². The van der Waals surface area contributed by atoms with Crippen LogP contribution in [0, 0.1) is 5.92 Å². The Hall–Kier alpha value is -1.61. The molecule has 1 atom stereocenters. The van der Waals surface area contributed by atoms with E-state index in [9.17, 15) is 4.79 Å². The van der Waals surface area contributed by atoms with Crippen molar-refractivity contribution >= 4 is 12.0 Å². The van der Waals surface area contributed by atoms with Crippen molar-refractivity contribution in [2.75, 3.05) is 19.7 Å². The lowest BCUT2D eigenvalue weighted by atomic mass is 10.1. The summed E-state index contributed by atoms with van der Waals surface area (Å²) in [4.78, 5) is 13.8. The first kappa shape index (κ1) is 12.8. The molecular formula is C15H19NO2. The van der Waals surface area contributed by atoms with Gasteiger partial charge in [0.25, 0.3) is 0 Å². The third kappa shape index (κ3) is 3.44. The van der Waals surface area contributed by atoms with Crippen LogP contribution in [0.5, 0.6) is 0 Å². The van der Waals surface area contributed by atoms with Crippen LogP contribution in [0.2, 0.25) is 0 Å². The fourth-order valence-corrected chi connectivity index (χ4v) is 2.29. The average Bonchev–Trinajstić information content (AvgIpc) is 2.86. The number of carbonyl (C=O) groups excluding carboxylic acids is 1. The summed E-state index contributed by atoms with van der Waals surface area (Å²) >= 11 is 0. The second kappa shape index (κ2) is 6.36. The van der Waals surface area contributed by atoms with Crippen LogP contribution in [-0.2, 0) is 4.79 Å². The van der Waals surface area contributed by atoms with Crippen molar-refractivity contribution in [1.82, 2.24) is 4.90 Å². The molecule has 1 unspecified atom stereocenters.